The second kappa shape index (κ2) is 24.4. The summed E-state index contributed by atoms with van der Waals surface area (Å²) in [5, 5.41) is 9.97. The van der Waals surface area contributed by atoms with Crippen molar-refractivity contribution in [2.24, 2.45) is 34.5 Å². The smallest absolute Gasteiger partial charge is 0.350 e. The maximum atomic E-state index is 14.0. The van der Waals surface area contributed by atoms with E-state index in [1.165, 1.54) is 23.3 Å². The maximum Gasteiger partial charge on any atom is 0.350 e. The van der Waals surface area contributed by atoms with Gasteiger partial charge in [0.2, 0.25) is 23.6 Å². The number of carbonyl (C=O) groups excluding carboxylic acids is 5. The quantitative estimate of drug-likeness (QED) is 0.143. The molecule has 0 bridgehead atoms. The zero-order valence-electron chi connectivity index (χ0n) is 42.7. The molecule has 1 N–H and O–H groups in total. The van der Waals surface area contributed by atoms with Crippen molar-refractivity contribution < 1.29 is 48.1 Å². The summed E-state index contributed by atoms with van der Waals surface area (Å²) in [5.41, 5.74) is 0.278. The van der Waals surface area contributed by atoms with Crippen LogP contribution in [0.25, 0.3) is 0 Å². The van der Waals surface area contributed by atoms with Crippen LogP contribution in [0.4, 0.5) is 11.4 Å². The first-order valence-electron chi connectivity index (χ1n) is 24.4. The van der Waals surface area contributed by atoms with Gasteiger partial charge in [0.25, 0.3) is 0 Å². The number of aromatic carboxylic acids is 1. The summed E-state index contributed by atoms with van der Waals surface area (Å²) >= 11 is 2.28. The Hall–Kier alpha value is -4.74. The lowest BCUT2D eigenvalue weighted by molar-refractivity contribution is -0.132. The molecule has 0 aromatic carbocycles. The van der Waals surface area contributed by atoms with E-state index in [9.17, 15) is 33.9 Å². The SMILES string of the molecule is COCCN1CC[C@H](N(C(=O)C2CCC(C)CC2)c2cc(C#CC(C)(C)C)sc2C(=O)O)C1=O.COCCN1CC[C@H](N(C(=O)C2CCC(C)CC2)c2cc(C#CC(C)(C)C)sc2C(=O)OC)C1=O. The first-order valence-corrected chi connectivity index (χ1v) is 26.1. The minimum Gasteiger partial charge on any atom is -0.477 e. The van der Waals surface area contributed by atoms with Crippen LogP contribution < -0.4 is 9.80 Å². The van der Waals surface area contributed by atoms with Gasteiger partial charge in [0.1, 0.15) is 21.8 Å². The summed E-state index contributed by atoms with van der Waals surface area (Å²) < 4.78 is 15.3. The predicted molar refractivity (Wildman–Crippen MR) is 271 cm³/mol. The molecule has 4 heterocycles. The normalized spacial score (nSPS) is 22.7. The zero-order valence-corrected chi connectivity index (χ0v) is 44.3. The predicted octanol–water partition coefficient (Wildman–Crippen LogP) is 8.59. The molecule has 2 saturated carbocycles. The third kappa shape index (κ3) is 14.7. The molecule has 2 aliphatic heterocycles. The molecule has 0 unspecified atom stereocenters. The number of carboxylic acids is 1. The van der Waals surface area contributed by atoms with Gasteiger partial charge in [-0.25, -0.2) is 9.59 Å². The van der Waals surface area contributed by atoms with Gasteiger partial charge in [-0.15, -0.1) is 22.7 Å². The highest BCUT2D eigenvalue weighted by atomic mass is 32.1. The number of thiophene rings is 2. The fraction of sp³-hybridized carbons (Fsp3) is 0.660. The molecule has 4 aliphatic rings. The van der Waals surface area contributed by atoms with Crippen molar-refractivity contribution in [2.75, 3.05) is 70.5 Å². The van der Waals surface area contributed by atoms with Crippen LogP contribution in [0.3, 0.4) is 0 Å². The summed E-state index contributed by atoms with van der Waals surface area (Å²) in [4.78, 5) is 87.7. The second-order valence-electron chi connectivity index (χ2n) is 21.0. The van der Waals surface area contributed by atoms with Gasteiger partial charge < -0.3 is 29.1 Å². The molecule has 4 amide bonds. The average molecular weight is 991 g/mol. The molecule has 2 aliphatic carbocycles. The highest BCUT2D eigenvalue weighted by Crippen LogP contribution is 2.40. The van der Waals surface area contributed by atoms with Crippen LogP contribution in [0.15, 0.2) is 12.1 Å². The van der Waals surface area contributed by atoms with Gasteiger partial charge in [-0.1, -0.05) is 37.5 Å². The molecule has 6 rings (SSSR count). The summed E-state index contributed by atoms with van der Waals surface area (Å²) in [5.74, 6) is 11.2. The van der Waals surface area contributed by atoms with E-state index in [4.69, 9.17) is 14.2 Å². The van der Waals surface area contributed by atoms with Crippen molar-refractivity contribution in [2.45, 2.75) is 132 Å². The van der Waals surface area contributed by atoms with Crippen molar-refractivity contribution in [1.82, 2.24) is 9.80 Å². The van der Waals surface area contributed by atoms with Gasteiger partial charge in [-0.2, -0.15) is 0 Å². The summed E-state index contributed by atoms with van der Waals surface area (Å²) in [6, 6.07) is 2.10. The number of amides is 4. The van der Waals surface area contributed by atoms with Gasteiger partial charge in [-0.3, -0.25) is 29.0 Å². The molecule has 2 aromatic heterocycles. The first-order chi connectivity index (χ1) is 32.6. The van der Waals surface area contributed by atoms with Gasteiger partial charge in [-0.05, 0) is 130 Å². The molecule has 0 radical (unpaired) electrons. The average Bonchev–Trinajstić information content (AvgIpc) is 4.10. The van der Waals surface area contributed by atoms with Crippen LogP contribution in [0, 0.1) is 58.2 Å². The fourth-order valence-corrected chi connectivity index (χ4v) is 11.0. The van der Waals surface area contributed by atoms with Crippen LogP contribution in [0.1, 0.15) is 149 Å². The van der Waals surface area contributed by atoms with Crippen molar-refractivity contribution >= 4 is 69.6 Å². The van der Waals surface area contributed by atoms with Crippen LogP contribution in [-0.4, -0.2) is 123 Å². The Morgan fingerprint density at radius 3 is 1.36 bits per heavy atom. The number of ether oxygens (including phenoxy) is 3. The van der Waals surface area contributed by atoms with E-state index in [1.807, 2.05) is 41.5 Å². The van der Waals surface area contributed by atoms with E-state index in [2.05, 4.69) is 37.5 Å². The lowest BCUT2D eigenvalue weighted by Gasteiger charge is -2.34. The number of carboxylic acid groups (broad SMARTS) is 1. The fourth-order valence-electron chi connectivity index (χ4n) is 9.19. The highest BCUT2D eigenvalue weighted by Gasteiger charge is 2.45. The van der Waals surface area contributed by atoms with Crippen LogP contribution in [0.2, 0.25) is 0 Å². The Labute approximate surface area is 417 Å². The molecule has 14 nitrogen and oxygen atoms in total. The third-order valence-electron chi connectivity index (χ3n) is 13.1. The van der Waals surface area contributed by atoms with Crippen molar-refractivity contribution in [3.8, 4) is 23.7 Å². The monoisotopic (exact) mass is 990 g/mol. The van der Waals surface area contributed by atoms with E-state index < -0.39 is 24.0 Å². The van der Waals surface area contributed by atoms with Crippen molar-refractivity contribution in [3.63, 3.8) is 0 Å². The molecule has 4 fully saturated rings. The molecule has 16 heteroatoms. The van der Waals surface area contributed by atoms with Gasteiger partial charge in [0.15, 0.2) is 0 Å². The summed E-state index contributed by atoms with van der Waals surface area (Å²) in [6.07, 6.45) is 7.96. The third-order valence-corrected chi connectivity index (χ3v) is 15.2. The molecule has 2 atom stereocenters. The molecule has 69 heavy (non-hydrogen) atoms. The molecule has 2 saturated heterocycles. The number of rotatable bonds is 14. The Morgan fingerprint density at radius 2 is 1.01 bits per heavy atom. The Kier molecular flexibility index (Phi) is 19.5. The number of likely N-dealkylation sites (tertiary alicyclic amines) is 2. The number of carbonyl (C=O) groups is 6. The molecule has 2 aromatic rings. The Bertz CT molecular complexity index is 2290. The van der Waals surface area contributed by atoms with Crippen molar-refractivity contribution in [3.05, 3.63) is 31.6 Å². The van der Waals surface area contributed by atoms with Crippen molar-refractivity contribution in [1.29, 1.82) is 0 Å². The van der Waals surface area contributed by atoms with Gasteiger partial charge in [0, 0.05) is 63.1 Å². The summed E-state index contributed by atoms with van der Waals surface area (Å²) in [7, 11) is 4.52. The molecular formula is C53H74N4O10S2. The molecule has 0 spiro atoms. The zero-order chi connectivity index (χ0) is 50.8. The Morgan fingerprint density at radius 1 is 0.638 bits per heavy atom. The lowest BCUT2D eigenvalue weighted by atomic mass is 9.82. The lowest BCUT2D eigenvalue weighted by Crippen LogP contribution is -2.49. The minimum atomic E-state index is -1.11. The van der Waals surface area contributed by atoms with Gasteiger partial charge in [0.05, 0.1) is 41.5 Å². The first kappa shape index (κ1) is 55.2. The van der Waals surface area contributed by atoms with Crippen LogP contribution in [-0.2, 0) is 33.4 Å². The van der Waals surface area contributed by atoms with Crippen LogP contribution >= 0.6 is 22.7 Å². The number of methoxy groups -OCH3 is 3. The standard InChI is InChI=1S/C27H38N2O5S.C26H36N2O5S/c1-18-7-9-19(10-8-18)24(30)29(21-12-14-28(25(21)31)15-16-33-5)22-17-20(11-13-27(2,3)4)35-23(22)26(32)34-6;1-17-6-8-18(9-7-17)23(29)28(20-11-13-27(24(20)30)14-15-33-5)21-16-19(10-12-26(2,3)4)34-22(21)25(31)32/h17-19,21H,7-10,12,14-16H2,1-6H3;16-18,20H,6-9,11,13-15H2,1-5H3,(H,31,32)/t18?,19?,21-;17?,18?,20-/m00/s1. The second-order valence-corrected chi connectivity index (χ2v) is 23.1. The van der Waals surface area contributed by atoms with E-state index in [0.717, 1.165) is 62.7 Å². The van der Waals surface area contributed by atoms with E-state index in [0.29, 0.717) is 90.1 Å². The van der Waals surface area contributed by atoms with E-state index in [-0.39, 0.29) is 51.2 Å². The van der Waals surface area contributed by atoms with Gasteiger partial charge >= 0.3 is 11.9 Å². The van der Waals surface area contributed by atoms with E-state index >= 15 is 0 Å². The largest absolute Gasteiger partial charge is 0.477 e. The van der Waals surface area contributed by atoms with Crippen LogP contribution in [0.5, 0.6) is 0 Å². The number of esters is 1. The Balaban J connectivity index is 0.000000258. The minimum absolute atomic E-state index is 0.0545. The highest BCUT2D eigenvalue weighted by molar-refractivity contribution is 7.15. The maximum absolute atomic E-state index is 14.0. The molecule has 378 valence electrons. The number of nitrogens with zero attached hydrogens (tertiary/aromatic N) is 4. The van der Waals surface area contributed by atoms with E-state index in [1.54, 1.807) is 41.1 Å². The molecular weight excluding hydrogens is 917 g/mol. The topological polar surface area (TPSA) is 163 Å². The summed E-state index contributed by atoms with van der Waals surface area (Å²) in [6.45, 7) is 19.2. The number of anilines is 2. The number of hydrogen-bond acceptors (Lipinski definition) is 11. The number of hydrogen-bond donors (Lipinski definition) is 1.